The van der Waals surface area contributed by atoms with Crippen molar-refractivity contribution >= 4 is 11.4 Å². The first kappa shape index (κ1) is 12.5. The molecule has 1 atom stereocenters. The monoisotopic (exact) mass is 229 g/mol. The molecule has 0 aromatic heterocycles. The SMILES string of the molecule is C#CCC(C)Nc1cccc(C#N)c1[N+](=O)[O-]. The van der Waals surface area contributed by atoms with Crippen molar-refractivity contribution in [3.8, 4) is 18.4 Å². The summed E-state index contributed by atoms with van der Waals surface area (Å²) in [6, 6.07) is 6.28. The lowest BCUT2D eigenvalue weighted by molar-refractivity contribution is -0.384. The van der Waals surface area contributed by atoms with E-state index in [1.807, 2.05) is 6.92 Å². The maximum absolute atomic E-state index is 10.9. The van der Waals surface area contributed by atoms with Gasteiger partial charge in [0.2, 0.25) is 0 Å². The lowest BCUT2D eigenvalue weighted by atomic mass is 10.1. The molecule has 0 saturated carbocycles. The van der Waals surface area contributed by atoms with E-state index in [0.29, 0.717) is 12.1 Å². The third-order valence-electron chi connectivity index (χ3n) is 2.16. The molecule has 0 aliphatic rings. The molecule has 0 radical (unpaired) electrons. The molecule has 0 amide bonds. The number of anilines is 1. The first-order chi connectivity index (χ1) is 8.10. The lowest BCUT2D eigenvalue weighted by Crippen LogP contribution is -2.15. The molecule has 17 heavy (non-hydrogen) atoms. The number of nitriles is 1. The van der Waals surface area contributed by atoms with Crippen LogP contribution < -0.4 is 5.32 Å². The van der Waals surface area contributed by atoms with Gasteiger partial charge in [-0.2, -0.15) is 5.26 Å². The van der Waals surface area contributed by atoms with Gasteiger partial charge >= 0.3 is 5.69 Å². The van der Waals surface area contributed by atoms with Gasteiger partial charge in [0.05, 0.1) is 4.92 Å². The van der Waals surface area contributed by atoms with Crippen LogP contribution >= 0.6 is 0 Å². The van der Waals surface area contributed by atoms with E-state index >= 15 is 0 Å². The third kappa shape index (κ3) is 2.96. The first-order valence-electron chi connectivity index (χ1n) is 4.97. The smallest absolute Gasteiger partial charge is 0.309 e. The standard InChI is InChI=1S/C12H11N3O2/c1-3-5-9(2)14-11-7-4-6-10(8-13)12(11)15(16)17/h1,4,6-7,9,14H,5H2,2H3. The molecule has 0 bridgehead atoms. The largest absolute Gasteiger partial charge is 0.376 e. The van der Waals surface area contributed by atoms with Crippen LogP contribution in [0, 0.1) is 33.8 Å². The zero-order chi connectivity index (χ0) is 12.8. The maximum Gasteiger partial charge on any atom is 0.309 e. The van der Waals surface area contributed by atoms with Gasteiger partial charge in [0, 0.05) is 12.5 Å². The number of nitro benzene ring substituents is 1. The van der Waals surface area contributed by atoms with Crippen molar-refractivity contribution in [3.05, 3.63) is 33.9 Å². The van der Waals surface area contributed by atoms with Gasteiger partial charge in [0.15, 0.2) is 0 Å². The average molecular weight is 229 g/mol. The zero-order valence-corrected chi connectivity index (χ0v) is 9.30. The summed E-state index contributed by atoms with van der Waals surface area (Å²) in [6.07, 6.45) is 5.61. The highest BCUT2D eigenvalue weighted by molar-refractivity contribution is 5.68. The average Bonchev–Trinajstić information content (AvgIpc) is 2.28. The number of nitrogens with zero attached hydrogens (tertiary/aromatic N) is 2. The minimum Gasteiger partial charge on any atom is -0.376 e. The number of para-hydroxylation sites is 1. The number of hydrogen-bond donors (Lipinski definition) is 1. The van der Waals surface area contributed by atoms with Crippen LogP contribution in [-0.2, 0) is 0 Å². The summed E-state index contributed by atoms with van der Waals surface area (Å²) in [5.41, 5.74) is 0.142. The quantitative estimate of drug-likeness (QED) is 0.488. The second-order valence-corrected chi connectivity index (χ2v) is 3.52. The van der Waals surface area contributed by atoms with Crippen molar-refractivity contribution in [3.63, 3.8) is 0 Å². The van der Waals surface area contributed by atoms with E-state index in [9.17, 15) is 10.1 Å². The van der Waals surface area contributed by atoms with E-state index in [0.717, 1.165) is 0 Å². The van der Waals surface area contributed by atoms with Crippen molar-refractivity contribution in [2.24, 2.45) is 0 Å². The molecular weight excluding hydrogens is 218 g/mol. The molecule has 0 spiro atoms. The van der Waals surface area contributed by atoms with Crippen LogP contribution in [0.4, 0.5) is 11.4 Å². The summed E-state index contributed by atoms with van der Waals surface area (Å²) in [5.74, 6) is 2.47. The van der Waals surface area contributed by atoms with Crippen LogP contribution in [0.15, 0.2) is 18.2 Å². The van der Waals surface area contributed by atoms with Crippen LogP contribution in [0.25, 0.3) is 0 Å². The molecule has 1 aromatic carbocycles. The molecule has 0 fully saturated rings. The molecule has 0 aliphatic heterocycles. The maximum atomic E-state index is 10.9. The third-order valence-corrected chi connectivity index (χ3v) is 2.16. The van der Waals surface area contributed by atoms with Crippen molar-refractivity contribution in [2.75, 3.05) is 5.32 Å². The van der Waals surface area contributed by atoms with Gasteiger partial charge in [0.1, 0.15) is 17.3 Å². The van der Waals surface area contributed by atoms with E-state index in [1.54, 1.807) is 18.2 Å². The van der Waals surface area contributed by atoms with Gasteiger partial charge in [-0.25, -0.2) is 0 Å². The molecule has 0 heterocycles. The Kier molecular flexibility index (Phi) is 4.08. The highest BCUT2D eigenvalue weighted by Gasteiger charge is 2.20. The van der Waals surface area contributed by atoms with E-state index in [-0.39, 0.29) is 17.3 Å². The fraction of sp³-hybridized carbons (Fsp3) is 0.250. The summed E-state index contributed by atoms with van der Waals surface area (Å²) in [5, 5.41) is 22.7. The van der Waals surface area contributed by atoms with Crippen molar-refractivity contribution in [1.82, 2.24) is 0 Å². The second-order valence-electron chi connectivity index (χ2n) is 3.52. The summed E-state index contributed by atoms with van der Waals surface area (Å²) in [4.78, 5) is 10.3. The number of benzene rings is 1. The number of rotatable bonds is 4. The molecule has 0 saturated heterocycles. The molecule has 1 aromatic rings. The number of nitrogens with one attached hydrogen (secondary N) is 1. The van der Waals surface area contributed by atoms with E-state index in [4.69, 9.17) is 11.7 Å². The molecule has 1 N–H and O–H groups in total. The predicted molar refractivity (Wildman–Crippen MR) is 64.3 cm³/mol. The Morgan fingerprint density at radius 1 is 1.65 bits per heavy atom. The van der Waals surface area contributed by atoms with Crippen molar-refractivity contribution in [1.29, 1.82) is 5.26 Å². The van der Waals surface area contributed by atoms with E-state index in [1.165, 1.54) is 6.07 Å². The predicted octanol–water partition coefficient (Wildman–Crippen LogP) is 2.29. The Balaban J connectivity index is 3.12. The number of hydrogen-bond acceptors (Lipinski definition) is 4. The fourth-order valence-electron chi connectivity index (χ4n) is 1.44. The molecule has 1 unspecified atom stereocenters. The Labute approximate surface area is 99.2 Å². The van der Waals surface area contributed by atoms with Crippen molar-refractivity contribution in [2.45, 2.75) is 19.4 Å². The van der Waals surface area contributed by atoms with Crippen LogP contribution in [-0.4, -0.2) is 11.0 Å². The van der Waals surface area contributed by atoms with E-state index < -0.39 is 4.92 Å². The second kappa shape index (κ2) is 5.53. The Morgan fingerprint density at radius 2 is 2.35 bits per heavy atom. The Morgan fingerprint density at radius 3 is 2.88 bits per heavy atom. The van der Waals surface area contributed by atoms with Crippen LogP contribution in [0.3, 0.4) is 0 Å². The minimum absolute atomic E-state index is 0.0351. The molecule has 5 nitrogen and oxygen atoms in total. The van der Waals surface area contributed by atoms with Crippen LogP contribution in [0.2, 0.25) is 0 Å². The van der Waals surface area contributed by atoms with Crippen molar-refractivity contribution < 1.29 is 4.92 Å². The first-order valence-corrected chi connectivity index (χ1v) is 4.97. The normalized spacial score (nSPS) is 11.0. The van der Waals surface area contributed by atoms with Gasteiger partial charge in [-0.3, -0.25) is 10.1 Å². The minimum atomic E-state index is -0.566. The molecular formula is C12H11N3O2. The van der Waals surface area contributed by atoms with Crippen LogP contribution in [0.5, 0.6) is 0 Å². The summed E-state index contributed by atoms with van der Waals surface area (Å²) < 4.78 is 0. The Bertz CT molecular complexity index is 511. The van der Waals surface area contributed by atoms with Gasteiger partial charge < -0.3 is 5.32 Å². The number of nitro groups is 1. The lowest BCUT2D eigenvalue weighted by Gasteiger charge is -2.12. The highest BCUT2D eigenvalue weighted by Crippen LogP contribution is 2.28. The van der Waals surface area contributed by atoms with E-state index in [2.05, 4.69) is 11.2 Å². The Hall–Kier alpha value is -2.53. The van der Waals surface area contributed by atoms with Crippen LogP contribution in [0.1, 0.15) is 18.9 Å². The molecule has 5 heteroatoms. The summed E-state index contributed by atoms with van der Waals surface area (Å²) >= 11 is 0. The van der Waals surface area contributed by atoms with Gasteiger partial charge in [-0.05, 0) is 19.1 Å². The summed E-state index contributed by atoms with van der Waals surface area (Å²) in [7, 11) is 0. The van der Waals surface area contributed by atoms with Gasteiger partial charge in [-0.15, -0.1) is 12.3 Å². The zero-order valence-electron chi connectivity index (χ0n) is 9.30. The van der Waals surface area contributed by atoms with Gasteiger partial charge in [0.25, 0.3) is 0 Å². The molecule has 1 rings (SSSR count). The molecule has 0 aliphatic carbocycles. The number of terminal acetylenes is 1. The fourth-order valence-corrected chi connectivity index (χ4v) is 1.44. The van der Waals surface area contributed by atoms with Gasteiger partial charge in [-0.1, -0.05) is 6.07 Å². The highest BCUT2D eigenvalue weighted by atomic mass is 16.6. The topological polar surface area (TPSA) is 79.0 Å². The molecule has 86 valence electrons. The summed E-state index contributed by atoms with van der Waals surface area (Å²) in [6.45, 7) is 1.82.